The highest BCUT2D eigenvalue weighted by molar-refractivity contribution is 5.75. The molecule has 1 aromatic carbocycles. The summed E-state index contributed by atoms with van der Waals surface area (Å²) in [6.07, 6.45) is 11.1. The molecule has 170 valence electrons. The average molecular weight is 437 g/mol. The van der Waals surface area contributed by atoms with Crippen LogP contribution in [0.4, 0.5) is 4.39 Å². The van der Waals surface area contributed by atoms with Crippen LogP contribution in [-0.2, 0) is 9.53 Å². The molecule has 1 saturated heterocycles. The van der Waals surface area contributed by atoms with Crippen LogP contribution in [0.3, 0.4) is 0 Å². The van der Waals surface area contributed by atoms with E-state index < -0.39 is 0 Å². The van der Waals surface area contributed by atoms with Crippen molar-refractivity contribution in [2.24, 2.45) is 29.4 Å². The molecule has 2 aromatic rings. The second-order valence-electron chi connectivity index (χ2n) is 9.54. The molecule has 5 heteroatoms. The van der Waals surface area contributed by atoms with Gasteiger partial charge in [-0.2, -0.15) is 0 Å². The fourth-order valence-electron chi connectivity index (χ4n) is 5.39. The molecular formula is C27H33FN2O2. The number of esters is 1. The number of benzene rings is 1. The number of hydrogen-bond donors (Lipinski definition) is 1. The topological polar surface area (TPSA) is 65.2 Å². The van der Waals surface area contributed by atoms with Crippen LogP contribution in [0.15, 0.2) is 48.7 Å². The van der Waals surface area contributed by atoms with Crippen molar-refractivity contribution in [1.82, 2.24) is 4.98 Å². The van der Waals surface area contributed by atoms with Crippen LogP contribution in [0.1, 0.15) is 51.6 Å². The molecule has 2 N–H and O–H groups in total. The number of carbonyl (C=O) groups is 1. The van der Waals surface area contributed by atoms with Crippen LogP contribution in [0, 0.1) is 29.5 Å². The Balaban J connectivity index is 1.42. The molecule has 1 aromatic heterocycles. The minimum absolute atomic E-state index is 0.0461. The van der Waals surface area contributed by atoms with E-state index >= 15 is 0 Å². The number of nitrogens with zero attached hydrogens (tertiary/aromatic N) is 1. The summed E-state index contributed by atoms with van der Waals surface area (Å²) in [6.45, 7) is 4.17. The van der Waals surface area contributed by atoms with Gasteiger partial charge in [0.2, 0.25) is 0 Å². The average Bonchev–Trinajstić information content (AvgIpc) is 3.06. The number of nitrogens with two attached hydrogens (primary N) is 1. The Kier molecular flexibility index (Phi) is 7.04. The maximum absolute atomic E-state index is 13.5. The lowest BCUT2D eigenvalue weighted by Gasteiger charge is -2.30. The smallest absolute Gasteiger partial charge is 0.309 e. The summed E-state index contributed by atoms with van der Waals surface area (Å²) in [5, 5.41) is 0. The van der Waals surface area contributed by atoms with Gasteiger partial charge in [-0.25, -0.2) is 4.39 Å². The normalized spacial score (nSPS) is 29.2. The quantitative estimate of drug-likeness (QED) is 0.597. The molecule has 2 heterocycles. The van der Waals surface area contributed by atoms with Gasteiger partial charge < -0.3 is 10.5 Å². The fourth-order valence-corrected chi connectivity index (χ4v) is 5.39. The number of ether oxygens (including phenoxy) is 1. The number of hydrogen-bond acceptors (Lipinski definition) is 4. The largest absolute Gasteiger partial charge is 0.462 e. The highest BCUT2D eigenvalue weighted by atomic mass is 19.1. The molecule has 2 fully saturated rings. The number of cyclic esters (lactones) is 1. The Hall–Kier alpha value is -2.53. The molecule has 0 radical (unpaired) electrons. The summed E-state index contributed by atoms with van der Waals surface area (Å²) in [7, 11) is 0. The Labute approximate surface area is 190 Å². The van der Waals surface area contributed by atoms with Crippen molar-refractivity contribution in [2.75, 3.05) is 0 Å². The van der Waals surface area contributed by atoms with E-state index in [0.29, 0.717) is 12.0 Å². The van der Waals surface area contributed by atoms with Gasteiger partial charge in [-0.05, 0) is 80.7 Å². The molecule has 1 aliphatic carbocycles. The summed E-state index contributed by atoms with van der Waals surface area (Å²) < 4.78 is 19.1. The van der Waals surface area contributed by atoms with E-state index in [4.69, 9.17) is 10.5 Å². The van der Waals surface area contributed by atoms with Gasteiger partial charge in [-0.3, -0.25) is 9.78 Å². The number of pyridine rings is 1. The first-order chi connectivity index (χ1) is 15.4. The summed E-state index contributed by atoms with van der Waals surface area (Å²) >= 11 is 0. The molecule has 1 saturated carbocycles. The molecule has 2 aliphatic rings. The van der Waals surface area contributed by atoms with Crippen molar-refractivity contribution < 1.29 is 13.9 Å². The van der Waals surface area contributed by atoms with E-state index in [-0.39, 0.29) is 35.6 Å². The molecule has 1 aliphatic heterocycles. The lowest BCUT2D eigenvalue weighted by Crippen LogP contribution is -2.31. The van der Waals surface area contributed by atoms with E-state index in [1.54, 1.807) is 12.3 Å². The van der Waals surface area contributed by atoms with Gasteiger partial charge >= 0.3 is 5.97 Å². The minimum atomic E-state index is -0.256. The van der Waals surface area contributed by atoms with Crippen molar-refractivity contribution in [2.45, 2.75) is 58.1 Å². The minimum Gasteiger partial charge on any atom is -0.462 e. The van der Waals surface area contributed by atoms with E-state index in [9.17, 15) is 9.18 Å². The third-order valence-corrected chi connectivity index (χ3v) is 7.21. The number of rotatable bonds is 6. The fraction of sp³-hybridized carbons (Fsp3) is 0.481. The van der Waals surface area contributed by atoms with Gasteiger partial charge in [0, 0.05) is 23.7 Å². The van der Waals surface area contributed by atoms with Gasteiger partial charge in [0.25, 0.3) is 0 Å². The van der Waals surface area contributed by atoms with Gasteiger partial charge in [0.1, 0.15) is 11.9 Å². The monoisotopic (exact) mass is 436 g/mol. The van der Waals surface area contributed by atoms with E-state index in [0.717, 1.165) is 48.9 Å². The van der Waals surface area contributed by atoms with Crippen LogP contribution in [-0.4, -0.2) is 23.1 Å². The predicted octanol–water partition coefficient (Wildman–Crippen LogP) is 5.62. The van der Waals surface area contributed by atoms with Crippen molar-refractivity contribution in [3.8, 4) is 11.1 Å². The molecular weight excluding hydrogens is 403 g/mol. The number of halogens is 1. The summed E-state index contributed by atoms with van der Waals surface area (Å²) in [5.41, 5.74) is 8.58. The molecule has 32 heavy (non-hydrogen) atoms. The van der Waals surface area contributed by atoms with Crippen LogP contribution < -0.4 is 5.73 Å². The van der Waals surface area contributed by atoms with Crippen molar-refractivity contribution in [3.63, 3.8) is 0 Å². The third kappa shape index (κ3) is 5.26. The van der Waals surface area contributed by atoms with Gasteiger partial charge in [-0.1, -0.05) is 31.2 Å². The first kappa shape index (κ1) is 22.7. The molecule has 0 amide bonds. The molecule has 0 bridgehead atoms. The highest BCUT2D eigenvalue weighted by Crippen LogP contribution is 2.41. The van der Waals surface area contributed by atoms with E-state index in [2.05, 4.69) is 18.0 Å². The molecule has 4 nitrogen and oxygen atoms in total. The van der Waals surface area contributed by atoms with Crippen molar-refractivity contribution in [1.29, 1.82) is 0 Å². The Morgan fingerprint density at radius 1 is 1.19 bits per heavy atom. The number of allylic oxidation sites excluding steroid dienone is 1. The van der Waals surface area contributed by atoms with Crippen molar-refractivity contribution in [3.05, 3.63) is 60.2 Å². The van der Waals surface area contributed by atoms with Crippen LogP contribution >= 0.6 is 0 Å². The second kappa shape index (κ2) is 9.95. The second-order valence-corrected chi connectivity index (χ2v) is 9.54. The van der Waals surface area contributed by atoms with Crippen molar-refractivity contribution >= 4 is 12.0 Å². The number of aromatic nitrogens is 1. The maximum Gasteiger partial charge on any atom is 0.309 e. The maximum atomic E-state index is 13.5. The van der Waals surface area contributed by atoms with E-state index in [1.165, 1.54) is 12.1 Å². The zero-order chi connectivity index (χ0) is 22.7. The summed E-state index contributed by atoms with van der Waals surface area (Å²) in [4.78, 5) is 17.1. The van der Waals surface area contributed by atoms with Gasteiger partial charge in [-0.15, -0.1) is 0 Å². The zero-order valence-electron chi connectivity index (χ0n) is 18.9. The standard InChI is InChI=1S/C27H33FN2O2/c1-17(6-12-24-13-9-21(16-30-24)20-4-3-5-22(28)15-20)26-18(2)32-27(31)25(26)14-19-7-10-23(29)11-8-19/h3-6,9,12-13,15-19,23,25-26H,7-8,10-11,14,29H2,1-2H3/b12-6+/t17-,18-,19-,23-,25?,26-/m1/s1. The predicted molar refractivity (Wildman–Crippen MR) is 125 cm³/mol. The first-order valence-corrected chi connectivity index (χ1v) is 11.8. The molecule has 4 atom stereocenters. The Bertz CT molecular complexity index is 950. The first-order valence-electron chi connectivity index (χ1n) is 11.8. The lowest BCUT2D eigenvalue weighted by molar-refractivity contribution is -0.144. The van der Waals surface area contributed by atoms with Gasteiger partial charge in [0.15, 0.2) is 0 Å². The van der Waals surface area contributed by atoms with Crippen LogP contribution in [0.2, 0.25) is 0 Å². The SMILES string of the molecule is C[C@H](/C=C/c1ccc(-c2cccc(F)c2)cn1)[C@H]1C(C[C@H]2CC[C@H](N)CC2)C(=O)O[C@@H]1C. The Morgan fingerprint density at radius 3 is 2.66 bits per heavy atom. The lowest BCUT2D eigenvalue weighted by atomic mass is 9.73. The summed E-state index contributed by atoms with van der Waals surface area (Å²) in [6, 6.07) is 10.7. The highest BCUT2D eigenvalue weighted by Gasteiger charge is 2.45. The third-order valence-electron chi connectivity index (χ3n) is 7.21. The van der Waals surface area contributed by atoms with Crippen LogP contribution in [0.5, 0.6) is 0 Å². The van der Waals surface area contributed by atoms with Crippen LogP contribution in [0.25, 0.3) is 17.2 Å². The molecule has 4 rings (SSSR count). The zero-order valence-corrected chi connectivity index (χ0v) is 18.9. The summed E-state index contributed by atoms with van der Waals surface area (Å²) in [5.74, 6) is 0.571. The molecule has 0 spiro atoms. The molecule has 1 unspecified atom stereocenters. The van der Waals surface area contributed by atoms with Gasteiger partial charge in [0.05, 0.1) is 11.6 Å². The Morgan fingerprint density at radius 2 is 1.97 bits per heavy atom. The van der Waals surface area contributed by atoms with E-state index in [1.807, 2.05) is 31.2 Å². The number of carbonyl (C=O) groups excluding carboxylic acids is 1.